The molecule has 0 bridgehead atoms. The third-order valence-corrected chi connectivity index (χ3v) is 7.80. The molecular formula is C19H27GeN. The van der Waals surface area contributed by atoms with Gasteiger partial charge in [-0.1, -0.05) is 0 Å². The number of pyridine rings is 1. The molecule has 0 aliphatic heterocycles. The van der Waals surface area contributed by atoms with Crippen LogP contribution in [0.5, 0.6) is 0 Å². The van der Waals surface area contributed by atoms with Gasteiger partial charge in [0.1, 0.15) is 0 Å². The molecule has 0 N–H and O–H groups in total. The molecule has 112 valence electrons. The van der Waals surface area contributed by atoms with Crippen LogP contribution in [-0.4, -0.2) is 18.3 Å². The van der Waals surface area contributed by atoms with E-state index in [9.17, 15) is 0 Å². The second-order valence-corrected chi connectivity index (χ2v) is 17.6. The van der Waals surface area contributed by atoms with Gasteiger partial charge in [0, 0.05) is 0 Å². The second kappa shape index (κ2) is 6.35. The van der Waals surface area contributed by atoms with Crippen LogP contribution >= 0.6 is 0 Å². The summed E-state index contributed by atoms with van der Waals surface area (Å²) in [5, 5.41) is 0. The maximum absolute atomic E-state index is 8.62. The van der Waals surface area contributed by atoms with Crippen molar-refractivity contribution < 1.29 is 2.74 Å². The first-order chi connectivity index (χ1) is 10.5. The number of hydrogen-bond acceptors (Lipinski definition) is 1. The van der Waals surface area contributed by atoms with Crippen molar-refractivity contribution in [2.45, 2.75) is 44.4 Å². The molecule has 21 heavy (non-hydrogen) atoms. The summed E-state index contributed by atoms with van der Waals surface area (Å²) in [7, 11) is 0. The van der Waals surface area contributed by atoms with Crippen molar-refractivity contribution in [1.82, 2.24) is 4.98 Å². The van der Waals surface area contributed by atoms with Gasteiger partial charge in [-0.25, -0.2) is 0 Å². The molecule has 2 aromatic rings. The SMILES string of the molecule is [2H]C([2H])(c1cc(-c2ccccc2C)nc[c]1[Ge]([CH3])([CH3])[CH3])C(C)C. The average Bonchev–Trinajstić information content (AvgIpc) is 2.46. The van der Waals surface area contributed by atoms with E-state index in [0.717, 1.165) is 16.8 Å². The van der Waals surface area contributed by atoms with E-state index in [1.807, 2.05) is 38.2 Å². The molecule has 0 fully saturated rings. The zero-order valence-corrected chi connectivity index (χ0v) is 16.1. The summed E-state index contributed by atoms with van der Waals surface area (Å²) in [6.07, 6.45) is 0.603. The van der Waals surface area contributed by atoms with E-state index in [2.05, 4.69) is 41.3 Å². The van der Waals surface area contributed by atoms with Gasteiger partial charge in [-0.3, -0.25) is 0 Å². The Hall–Kier alpha value is -1.09. The fraction of sp³-hybridized carbons (Fsp3) is 0.421. The van der Waals surface area contributed by atoms with E-state index in [0.29, 0.717) is 0 Å². The quantitative estimate of drug-likeness (QED) is 0.726. The summed E-state index contributed by atoms with van der Waals surface area (Å²) in [5.74, 6) is 6.82. The maximum atomic E-state index is 8.62. The molecule has 0 amide bonds. The molecule has 1 nitrogen and oxygen atoms in total. The molecule has 0 atom stereocenters. The molecule has 0 saturated carbocycles. The van der Waals surface area contributed by atoms with Crippen LogP contribution in [-0.2, 0) is 6.37 Å². The van der Waals surface area contributed by atoms with Crippen LogP contribution in [0.3, 0.4) is 0 Å². The van der Waals surface area contributed by atoms with Crippen LogP contribution < -0.4 is 4.40 Å². The molecule has 0 radical (unpaired) electrons. The molecule has 0 saturated heterocycles. The summed E-state index contributed by atoms with van der Waals surface area (Å²) in [4.78, 5) is 4.69. The van der Waals surface area contributed by atoms with Crippen molar-refractivity contribution >= 4 is 17.7 Å². The van der Waals surface area contributed by atoms with Crippen LogP contribution in [0.25, 0.3) is 11.3 Å². The molecule has 1 heterocycles. The van der Waals surface area contributed by atoms with E-state index in [1.165, 1.54) is 9.96 Å². The number of rotatable bonds is 4. The van der Waals surface area contributed by atoms with Crippen LogP contribution in [0.1, 0.15) is 27.7 Å². The topological polar surface area (TPSA) is 12.9 Å². The predicted molar refractivity (Wildman–Crippen MR) is 95.9 cm³/mol. The van der Waals surface area contributed by atoms with Gasteiger partial charge in [-0.05, 0) is 0 Å². The number of hydrogen-bond donors (Lipinski definition) is 0. The van der Waals surface area contributed by atoms with Gasteiger partial charge in [0.15, 0.2) is 0 Å². The standard InChI is InChI=1S/C19H27GeN/c1-14(2)11-16-12-19(17-10-8-7-9-15(17)3)21-13-18(16)20(4,5)6/h7-10,12-14H,11H2,1-6H3/i11D2. The molecular weight excluding hydrogens is 315 g/mol. The molecule has 0 spiro atoms. The van der Waals surface area contributed by atoms with E-state index in [-0.39, 0.29) is 5.92 Å². The second-order valence-electron chi connectivity index (χ2n) is 6.98. The van der Waals surface area contributed by atoms with Crippen molar-refractivity contribution in [3.05, 3.63) is 47.7 Å². The zero-order valence-electron chi connectivity index (χ0n) is 16.0. The Morgan fingerprint density at radius 1 is 1.19 bits per heavy atom. The van der Waals surface area contributed by atoms with Crippen LogP contribution in [0.2, 0.25) is 17.3 Å². The van der Waals surface area contributed by atoms with Gasteiger partial charge in [-0.15, -0.1) is 0 Å². The van der Waals surface area contributed by atoms with Gasteiger partial charge in [-0.2, -0.15) is 0 Å². The third-order valence-electron chi connectivity index (χ3n) is 3.58. The number of aromatic nitrogens is 1. The fourth-order valence-electron chi connectivity index (χ4n) is 2.49. The van der Waals surface area contributed by atoms with Gasteiger partial charge in [0.2, 0.25) is 0 Å². The van der Waals surface area contributed by atoms with E-state index in [1.54, 1.807) is 0 Å². The Labute approximate surface area is 135 Å². The van der Waals surface area contributed by atoms with Gasteiger partial charge >= 0.3 is 135 Å². The molecule has 2 heteroatoms. The minimum absolute atomic E-state index is 0.0712. The third kappa shape index (κ3) is 3.97. The summed E-state index contributed by atoms with van der Waals surface area (Å²) >= 11 is -2.21. The molecule has 2 rings (SSSR count). The zero-order chi connectivity index (χ0) is 17.4. The van der Waals surface area contributed by atoms with Crippen LogP contribution in [0, 0.1) is 12.8 Å². The van der Waals surface area contributed by atoms with Gasteiger partial charge in [0.25, 0.3) is 0 Å². The Morgan fingerprint density at radius 2 is 1.86 bits per heavy atom. The average molecular weight is 344 g/mol. The first-order valence-corrected chi connectivity index (χ1v) is 15.0. The monoisotopic (exact) mass is 345 g/mol. The summed E-state index contributed by atoms with van der Waals surface area (Å²) in [5.41, 5.74) is 3.97. The number of nitrogens with zero attached hydrogens (tertiary/aromatic N) is 1. The number of benzene rings is 1. The van der Waals surface area contributed by atoms with E-state index >= 15 is 0 Å². The molecule has 0 aliphatic carbocycles. The molecule has 1 aromatic carbocycles. The number of aryl methyl sites for hydroxylation is 1. The van der Waals surface area contributed by atoms with Gasteiger partial charge < -0.3 is 0 Å². The molecule has 1 aromatic heterocycles. The Bertz CT molecular complexity index is 703. The molecule has 0 unspecified atom stereocenters. The minimum atomic E-state index is -2.21. The van der Waals surface area contributed by atoms with Crippen molar-refractivity contribution in [3.63, 3.8) is 0 Å². The van der Waals surface area contributed by atoms with E-state index < -0.39 is 19.6 Å². The van der Waals surface area contributed by atoms with Crippen molar-refractivity contribution in [2.75, 3.05) is 0 Å². The van der Waals surface area contributed by atoms with Crippen LogP contribution in [0.15, 0.2) is 36.5 Å². The normalized spacial score (nSPS) is 14.0. The first kappa shape index (κ1) is 13.6. The summed E-state index contributed by atoms with van der Waals surface area (Å²) in [6.45, 7) is 5.98. The summed E-state index contributed by atoms with van der Waals surface area (Å²) in [6, 6.07) is 10.2. The van der Waals surface area contributed by atoms with Crippen molar-refractivity contribution in [1.29, 1.82) is 0 Å². The summed E-state index contributed by atoms with van der Waals surface area (Å²) < 4.78 is 18.4. The van der Waals surface area contributed by atoms with Crippen molar-refractivity contribution in [2.24, 2.45) is 5.92 Å². The van der Waals surface area contributed by atoms with E-state index in [4.69, 9.17) is 2.74 Å². The van der Waals surface area contributed by atoms with Gasteiger partial charge in [0.05, 0.1) is 0 Å². The molecule has 0 aliphatic rings. The predicted octanol–water partition coefficient (Wildman–Crippen LogP) is 4.80. The first-order valence-electron chi connectivity index (χ1n) is 8.62. The Balaban J connectivity index is 2.71. The van der Waals surface area contributed by atoms with Crippen LogP contribution in [0.4, 0.5) is 0 Å². The fourth-order valence-corrected chi connectivity index (χ4v) is 5.44. The Morgan fingerprint density at radius 3 is 2.43 bits per heavy atom. The van der Waals surface area contributed by atoms with Crippen molar-refractivity contribution in [3.8, 4) is 11.3 Å². The Kier molecular flexibility index (Phi) is 4.10.